The van der Waals surface area contributed by atoms with Gasteiger partial charge in [-0.2, -0.15) is 0 Å². The summed E-state index contributed by atoms with van der Waals surface area (Å²) in [6.45, 7) is 0. The Kier molecular flexibility index (Phi) is 5.36. The maximum Gasteiger partial charge on any atom is 0.249 e. The van der Waals surface area contributed by atoms with E-state index in [4.69, 9.17) is 11.6 Å². The Hall–Kier alpha value is -2.05. The molecule has 4 rings (SSSR count). The van der Waals surface area contributed by atoms with Gasteiger partial charge in [0.2, 0.25) is 5.91 Å². The van der Waals surface area contributed by atoms with Crippen molar-refractivity contribution in [1.29, 1.82) is 0 Å². The fourth-order valence-corrected chi connectivity index (χ4v) is 4.75. The van der Waals surface area contributed by atoms with Crippen LogP contribution in [0.5, 0.6) is 5.88 Å². The first-order valence-electron chi connectivity index (χ1n) is 9.32. The predicted molar refractivity (Wildman–Crippen MR) is 110 cm³/mol. The fourth-order valence-electron chi connectivity index (χ4n) is 4.00. The third kappa shape index (κ3) is 3.82. The number of hydrogen-bond acceptors (Lipinski definition) is 4. The Morgan fingerprint density at radius 2 is 2.15 bits per heavy atom. The number of carbonyl (C=O) groups is 1. The summed E-state index contributed by atoms with van der Waals surface area (Å²) in [6, 6.07) is 4.92. The Bertz CT molecular complexity index is 932. The Labute approximate surface area is 167 Å². The second-order valence-electron chi connectivity index (χ2n) is 7.14. The van der Waals surface area contributed by atoms with Crippen molar-refractivity contribution in [3.05, 3.63) is 41.0 Å². The lowest BCUT2D eigenvalue weighted by molar-refractivity contribution is -0.120. The second-order valence-corrected chi connectivity index (χ2v) is 8.44. The van der Waals surface area contributed by atoms with Gasteiger partial charge in [-0.15, -0.1) is 11.3 Å². The Balaban J connectivity index is 1.69. The Morgan fingerprint density at radius 3 is 2.85 bits per heavy atom. The quantitative estimate of drug-likeness (QED) is 0.582. The number of benzene rings is 1. The van der Waals surface area contributed by atoms with Gasteiger partial charge in [0.15, 0.2) is 11.0 Å². The van der Waals surface area contributed by atoms with Gasteiger partial charge in [0, 0.05) is 28.5 Å². The van der Waals surface area contributed by atoms with Crippen LogP contribution in [0.4, 0.5) is 5.13 Å². The molecule has 7 heteroatoms. The van der Waals surface area contributed by atoms with E-state index in [1.54, 1.807) is 29.1 Å². The summed E-state index contributed by atoms with van der Waals surface area (Å²) in [5, 5.41) is 18.1. The summed E-state index contributed by atoms with van der Waals surface area (Å²) in [4.78, 5) is 17.2. The first-order valence-corrected chi connectivity index (χ1v) is 10.6. The van der Waals surface area contributed by atoms with Crippen LogP contribution in [0.1, 0.15) is 44.6 Å². The molecule has 0 spiro atoms. The van der Waals surface area contributed by atoms with Crippen molar-refractivity contribution >= 4 is 44.7 Å². The first kappa shape index (κ1) is 18.3. The van der Waals surface area contributed by atoms with Crippen LogP contribution >= 0.6 is 22.9 Å². The minimum absolute atomic E-state index is 0.0857. The summed E-state index contributed by atoms with van der Waals surface area (Å²) < 4.78 is 1.67. The molecular formula is C20H22ClN3O2S. The van der Waals surface area contributed by atoms with Crippen molar-refractivity contribution in [2.75, 3.05) is 5.32 Å². The van der Waals surface area contributed by atoms with E-state index in [1.807, 2.05) is 11.4 Å². The van der Waals surface area contributed by atoms with Crippen LogP contribution in [-0.4, -0.2) is 20.6 Å². The molecule has 1 aromatic carbocycles. The summed E-state index contributed by atoms with van der Waals surface area (Å²) in [5.41, 5.74) is 0. The highest BCUT2D eigenvalue weighted by Gasteiger charge is 2.29. The minimum Gasteiger partial charge on any atom is -0.494 e. The smallest absolute Gasteiger partial charge is 0.249 e. The molecule has 5 nitrogen and oxygen atoms in total. The third-order valence-electron chi connectivity index (χ3n) is 5.39. The van der Waals surface area contributed by atoms with E-state index in [0.717, 1.165) is 18.2 Å². The summed E-state index contributed by atoms with van der Waals surface area (Å²) in [5.74, 6) is 0.413. The lowest BCUT2D eigenvalue weighted by atomic mass is 9.84. The molecule has 0 bridgehead atoms. The average Bonchev–Trinajstić information content (AvgIpc) is 3.30. The molecule has 2 heterocycles. The molecule has 1 fully saturated rings. The van der Waals surface area contributed by atoms with E-state index >= 15 is 0 Å². The lowest BCUT2D eigenvalue weighted by Gasteiger charge is -2.27. The van der Waals surface area contributed by atoms with Crippen LogP contribution in [0, 0.1) is 5.92 Å². The molecule has 2 N–H and O–H groups in total. The summed E-state index contributed by atoms with van der Waals surface area (Å²) in [7, 11) is 0. The number of aromatic nitrogens is 2. The number of amides is 1. The number of anilines is 1. The molecule has 1 amide bonds. The molecule has 1 atom stereocenters. The Morgan fingerprint density at radius 1 is 1.33 bits per heavy atom. The second kappa shape index (κ2) is 7.90. The van der Waals surface area contributed by atoms with Gasteiger partial charge in [0.25, 0.3) is 0 Å². The van der Waals surface area contributed by atoms with Gasteiger partial charge in [0.1, 0.15) is 6.04 Å². The van der Waals surface area contributed by atoms with E-state index in [9.17, 15) is 9.90 Å². The van der Waals surface area contributed by atoms with E-state index in [-0.39, 0.29) is 11.8 Å². The molecule has 0 unspecified atom stereocenters. The van der Waals surface area contributed by atoms with Crippen LogP contribution in [0.25, 0.3) is 10.8 Å². The lowest BCUT2D eigenvalue weighted by Crippen LogP contribution is -2.28. The number of aromatic hydroxyl groups is 1. The third-order valence-corrected chi connectivity index (χ3v) is 6.41. The molecule has 27 heavy (non-hydrogen) atoms. The van der Waals surface area contributed by atoms with Crippen LogP contribution in [-0.2, 0) is 4.79 Å². The maximum atomic E-state index is 13.1. The molecule has 1 saturated carbocycles. The fraction of sp³-hybridized carbons (Fsp3) is 0.400. The molecule has 0 radical (unpaired) electrons. The van der Waals surface area contributed by atoms with Crippen molar-refractivity contribution in [1.82, 2.24) is 9.55 Å². The molecule has 1 aliphatic carbocycles. The highest BCUT2D eigenvalue weighted by atomic mass is 35.5. The topological polar surface area (TPSA) is 67.2 Å². The standard InChI is InChI=1S/C20H22ClN3O2S/c21-16-8-4-7-14-15(16)12-24(19(14)26)17(11-13-5-2-1-3-6-13)18(25)23-20-22-9-10-27-20/h4,7-10,12-13,17,26H,1-3,5-6,11H2,(H,22,23,25)/t17-/m0/s1. The molecule has 3 aromatic rings. The van der Waals surface area contributed by atoms with Crippen LogP contribution in [0.15, 0.2) is 36.0 Å². The summed E-state index contributed by atoms with van der Waals surface area (Å²) >= 11 is 7.69. The summed E-state index contributed by atoms with van der Waals surface area (Å²) in [6.07, 6.45) is 10.1. The van der Waals surface area contributed by atoms with Gasteiger partial charge >= 0.3 is 0 Å². The van der Waals surface area contributed by atoms with Crippen molar-refractivity contribution < 1.29 is 9.90 Å². The van der Waals surface area contributed by atoms with Crippen molar-refractivity contribution in [3.63, 3.8) is 0 Å². The molecular weight excluding hydrogens is 382 g/mol. The number of nitrogens with one attached hydrogen (secondary N) is 1. The normalized spacial score (nSPS) is 16.5. The monoisotopic (exact) mass is 403 g/mol. The number of hydrogen-bond donors (Lipinski definition) is 2. The molecule has 142 valence electrons. The highest BCUT2D eigenvalue weighted by molar-refractivity contribution is 7.13. The van der Waals surface area contributed by atoms with Gasteiger partial charge in [-0.25, -0.2) is 4.98 Å². The SMILES string of the molecule is O=C(Nc1nccs1)[C@H](CC1CCCCC1)n1cc2c(Cl)cccc2c1O. The molecule has 0 aliphatic heterocycles. The average molecular weight is 404 g/mol. The van der Waals surface area contributed by atoms with E-state index in [2.05, 4.69) is 10.3 Å². The van der Waals surface area contributed by atoms with Crippen LogP contribution < -0.4 is 5.32 Å². The highest BCUT2D eigenvalue weighted by Crippen LogP contribution is 2.38. The van der Waals surface area contributed by atoms with Crippen molar-refractivity contribution in [2.24, 2.45) is 5.92 Å². The van der Waals surface area contributed by atoms with Crippen LogP contribution in [0.3, 0.4) is 0 Å². The van der Waals surface area contributed by atoms with Gasteiger partial charge < -0.3 is 15.0 Å². The number of carbonyl (C=O) groups excluding carboxylic acids is 1. The zero-order valence-corrected chi connectivity index (χ0v) is 16.5. The zero-order valence-electron chi connectivity index (χ0n) is 14.9. The van der Waals surface area contributed by atoms with Gasteiger partial charge in [0.05, 0.1) is 5.02 Å². The number of nitrogens with zero attached hydrogens (tertiary/aromatic N) is 2. The van der Waals surface area contributed by atoms with Gasteiger partial charge in [-0.3, -0.25) is 4.79 Å². The predicted octanol–water partition coefficient (Wildman–Crippen LogP) is 5.61. The van der Waals surface area contributed by atoms with E-state index in [1.165, 1.54) is 30.6 Å². The number of fused-ring (bicyclic) bond motifs is 1. The number of rotatable bonds is 5. The van der Waals surface area contributed by atoms with Gasteiger partial charge in [-0.05, 0) is 24.5 Å². The maximum absolute atomic E-state index is 13.1. The molecule has 2 aromatic heterocycles. The molecule has 0 saturated heterocycles. The van der Waals surface area contributed by atoms with E-state index in [0.29, 0.717) is 27.9 Å². The van der Waals surface area contributed by atoms with Crippen molar-refractivity contribution in [2.45, 2.75) is 44.6 Å². The van der Waals surface area contributed by atoms with Crippen molar-refractivity contribution in [3.8, 4) is 5.88 Å². The number of thiazole rings is 1. The largest absolute Gasteiger partial charge is 0.494 e. The van der Waals surface area contributed by atoms with Gasteiger partial charge in [-0.1, -0.05) is 49.8 Å². The minimum atomic E-state index is -0.500. The van der Waals surface area contributed by atoms with E-state index < -0.39 is 6.04 Å². The first-order chi connectivity index (χ1) is 13.1. The molecule has 1 aliphatic rings. The zero-order chi connectivity index (χ0) is 18.8. The number of halogens is 1. The van der Waals surface area contributed by atoms with Crippen LogP contribution in [0.2, 0.25) is 5.02 Å².